The molecule has 1 aliphatic rings. The van der Waals surface area contributed by atoms with E-state index < -0.39 is 20.3 Å². The van der Waals surface area contributed by atoms with Gasteiger partial charge in [-0.15, -0.1) is 0 Å². The number of carbonyl (C=O) groups excluding carboxylic acids is 2. The predicted molar refractivity (Wildman–Crippen MR) is 113 cm³/mol. The average Bonchev–Trinajstić information content (AvgIpc) is 2.72. The molecule has 2 rings (SSSR count). The van der Waals surface area contributed by atoms with Crippen molar-refractivity contribution < 1.29 is 28.2 Å². The molecule has 29 heavy (non-hydrogen) atoms. The summed E-state index contributed by atoms with van der Waals surface area (Å²) in [5, 5.41) is 0.798. The number of rotatable bonds is 9. The average molecular weight is 419 g/mol. The Morgan fingerprint density at radius 1 is 1.03 bits per heavy atom. The molecule has 0 N–H and O–H groups in total. The van der Waals surface area contributed by atoms with Gasteiger partial charge in [0.2, 0.25) is 0 Å². The number of esters is 2. The van der Waals surface area contributed by atoms with Crippen LogP contribution in [0.3, 0.4) is 0 Å². The summed E-state index contributed by atoms with van der Waals surface area (Å²) in [6.45, 7) is 6.63. The number of allylic oxidation sites excluding steroid dienone is 2. The maximum Gasteiger partial charge on any atom is 0.345 e. The molecule has 0 bridgehead atoms. The summed E-state index contributed by atoms with van der Waals surface area (Å²) in [5.74, 6) is -0.619. The minimum Gasteiger partial charge on any atom is -0.464 e. The van der Waals surface area contributed by atoms with E-state index in [1.807, 2.05) is 36.4 Å². The first kappa shape index (κ1) is 22.9. The molecular formula is C22H30O6Si. The Morgan fingerprint density at radius 3 is 2.24 bits per heavy atom. The van der Waals surface area contributed by atoms with E-state index in [-0.39, 0.29) is 18.8 Å². The highest BCUT2D eigenvalue weighted by Crippen LogP contribution is 2.30. The number of hydrogen-bond acceptors (Lipinski definition) is 6. The van der Waals surface area contributed by atoms with Crippen molar-refractivity contribution in [3.63, 3.8) is 0 Å². The summed E-state index contributed by atoms with van der Waals surface area (Å²) < 4.78 is 22.3. The first-order valence-corrected chi connectivity index (χ1v) is 12.7. The van der Waals surface area contributed by atoms with Crippen molar-refractivity contribution in [2.24, 2.45) is 0 Å². The van der Waals surface area contributed by atoms with Crippen LogP contribution in [0.4, 0.5) is 0 Å². The fraction of sp³-hybridized carbons (Fsp3) is 0.455. The fourth-order valence-corrected chi connectivity index (χ4v) is 6.00. The van der Waals surface area contributed by atoms with Crippen LogP contribution < -0.4 is 4.74 Å². The van der Waals surface area contributed by atoms with Gasteiger partial charge < -0.3 is 18.6 Å². The third kappa shape index (κ3) is 6.87. The van der Waals surface area contributed by atoms with Gasteiger partial charge in [-0.25, -0.2) is 9.59 Å². The molecule has 1 fully saturated rings. The van der Waals surface area contributed by atoms with Gasteiger partial charge in [0.1, 0.15) is 16.7 Å². The van der Waals surface area contributed by atoms with Crippen molar-refractivity contribution in [3.8, 4) is 5.75 Å². The van der Waals surface area contributed by atoms with E-state index in [2.05, 4.69) is 6.55 Å². The van der Waals surface area contributed by atoms with Crippen LogP contribution in [0.25, 0.3) is 0 Å². The summed E-state index contributed by atoms with van der Waals surface area (Å²) in [4.78, 5) is 24.3. The highest BCUT2D eigenvalue weighted by Gasteiger charge is 2.38. The highest BCUT2D eigenvalue weighted by atomic mass is 28.4. The summed E-state index contributed by atoms with van der Waals surface area (Å²) in [6.07, 6.45) is 5.93. The van der Waals surface area contributed by atoms with Crippen molar-refractivity contribution >= 4 is 20.3 Å². The first-order valence-electron chi connectivity index (χ1n) is 10.1. The number of ether oxygens (including phenoxy) is 3. The van der Waals surface area contributed by atoms with Gasteiger partial charge in [0.15, 0.2) is 0 Å². The lowest BCUT2D eigenvalue weighted by Crippen LogP contribution is -2.42. The summed E-state index contributed by atoms with van der Waals surface area (Å²) in [7, 11) is -2.23. The van der Waals surface area contributed by atoms with Crippen molar-refractivity contribution in [3.05, 3.63) is 53.4 Å². The highest BCUT2D eigenvalue weighted by molar-refractivity contribution is 6.79. The summed E-state index contributed by atoms with van der Waals surface area (Å²) in [6, 6.07) is 10.5. The normalized spacial score (nSPS) is 19.2. The molecule has 6 nitrogen and oxygen atoms in total. The molecule has 158 valence electrons. The van der Waals surface area contributed by atoms with Gasteiger partial charge in [-0.05, 0) is 57.5 Å². The first-order chi connectivity index (χ1) is 14.0. The lowest BCUT2D eigenvalue weighted by atomic mass is 10.2. The van der Waals surface area contributed by atoms with Crippen molar-refractivity contribution in [1.82, 2.24) is 0 Å². The number of carbonyl (C=O) groups is 2. The monoisotopic (exact) mass is 418 g/mol. The Hall–Kier alpha value is -2.38. The van der Waals surface area contributed by atoms with E-state index >= 15 is 0 Å². The molecule has 0 saturated carbocycles. The summed E-state index contributed by atoms with van der Waals surface area (Å²) in [5.41, 5.74) is -0.0969. The largest absolute Gasteiger partial charge is 0.464 e. The van der Waals surface area contributed by atoms with Gasteiger partial charge in [0.05, 0.1) is 13.2 Å². The molecule has 1 aromatic rings. The quantitative estimate of drug-likeness (QED) is 0.149. The third-order valence-electron chi connectivity index (χ3n) is 4.58. The van der Waals surface area contributed by atoms with Gasteiger partial charge in [0, 0.05) is 6.61 Å². The van der Waals surface area contributed by atoms with Crippen LogP contribution in [-0.4, -0.2) is 40.1 Å². The van der Waals surface area contributed by atoms with Gasteiger partial charge >= 0.3 is 11.9 Å². The lowest BCUT2D eigenvalue weighted by Gasteiger charge is -2.33. The smallest absolute Gasteiger partial charge is 0.345 e. The van der Waals surface area contributed by atoms with E-state index in [4.69, 9.17) is 18.6 Å². The zero-order chi connectivity index (χ0) is 21.1. The Morgan fingerprint density at radius 2 is 1.69 bits per heavy atom. The molecule has 1 heterocycles. The Balaban J connectivity index is 2.26. The predicted octanol–water partition coefficient (Wildman–Crippen LogP) is 4.32. The Kier molecular flexibility index (Phi) is 9.14. The minimum atomic E-state index is -2.23. The van der Waals surface area contributed by atoms with Crippen molar-refractivity contribution in [2.45, 2.75) is 45.7 Å². The number of benzene rings is 1. The van der Waals surface area contributed by atoms with Crippen LogP contribution in [0, 0.1) is 0 Å². The third-order valence-corrected chi connectivity index (χ3v) is 8.07. The SMILES string of the molecule is CCOC(=O)C(=CCC=C(Oc1ccccc1)[Si]1(C)CCCCO1)C(=O)OCC. The summed E-state index contributed by atoms with van der Waals surface area (Å²) >= 11 is 0. The van der Waals surface area contributed by atoms with E-state index in [0.717, 1.165) is 36.6 Å². The van der Waals surface area contributed by atoms with Crippen molar-refractivity contribution in [2.75, 3.05) is 19.8 Å². The van der Waals surface area contributed by atoms with E-state index in [0.29, 0.717) is 6.42 Å². The number of para-hydroxylation sites is 1. The van der Waals surface area contributed by atoms with Crippen LogP contribution in [0.2, 0.25) is 12.6 Å². The molecule has 0 radical (unpaired) electrons. The van der Waals surface area contributed by atoms with Crippen molar-refractivity contribution in [1.29, 1.82) is 0 Å². The van der Waals surface area contributed by atoms with Crippen LogP contribution in [-0.2, 0) is 23.5 Å². The Bertz CT molecular complexity index is 715. The molecule has 7 heteroatoms. The zero-order valence-electron chi connectivity index (χ0n) is 17.4. The van der Waals surface area contributed by atoms with Gasteiger partial charge in [-0.2, -0.15) is 0 Å². The fourth-order valence-electron chi connectivity index (χ4n) is 3.06. The molecule has 1 unspecified atom stereocenters. The second-order valence-corrected chi connectivity index (χ2v) is 10.6. The maximum atomic E-state index is 12.1. The van der Waals surface area contributed by atoms with Crippen LogP contribution in [0.15, 0.2) is 53.4 Å². The second-order valence-electron chi connectivity index (χ2n) is 6.81. The molecule has 1 saturated heterocycles. The van der Waals surface area contributed by atoms with Gasteiger partial charge in [0.25, 0.3) is 8.32 Å². The van der Waals surface area contributed by atoms with E-state index in [9.17, 15) is 9.59 Å². The molecule has 0 aromatic heterocycles. The molecule has 0 amide bonds. The Labute approximate surface area is 173 Å². The van der Waals surface area contributed by atoms with E-state index in [1.54, 1.807) is 13.8 Å². The van der Waals surface area contributed by atoms with Gasteiger partial charge in [-0.3, -0.25) is 0 Å². The zero-order valence-corrected chi connectivity index (χ0v) is 18.4. The van der Waals surface area contributed by atoms with Crippen LogP contribution in [0.5, 0.6) is 5.75 Å². The van der Waals surface area contributed by atoms with Crippen LogP contribution in [0.1, 0.15) is 33.1 Å². The van der Waals surface area contributed by atoms with Gasteiger partial charge in [-0.1, -0.05) is 30.7 Å². The second kappa shape index (κ2) is 11.6. The molecule has 1 aromatic carbocycles. The minimum absolute atomic E-state index is 0.0969. The molecule has 0 spiro atoms. The maximum absolute atomic E-state index is 12.1. The van der Waals surface area contributed by atoms with Crippen LogP contribution >= 0.6 is 0 Å². The molecular weight excluding hydrogens is 388 g/mol. The number of hydrogen-bond donors (Lipinski definition) is 0. The standard InChI is InChI=1S/C22H30O6Si/c1-4-25-21(23)19(22(24)26-5-2)14-11-15-20(28-18-12-7-6-8-13-18)29(3)17-10-9-16-27-29/h6-8,12-15H,4-5,9-11,16-17H2,1-3H3. The lowest BCUT2D eigenvalue weighted by molar-refractivity contribution is -0.146. The molecule has 0 aliphatic carbocycles. The van der Waals surface area contributed by atoms with E-state index in [1.165, 1.54) is 6.08 Å². The molecule has 1 aliphatic heterocycles. The topological polar surface area (TPSA) is 71.1 Å². The molecule has 1 atom stereocenters.